The van der Waals surface area contributed by atoms with Gasteiger partial charge in [0, 0.05) is 29.0 Å². The van der Waals surface area contributed by atoms with Crippen molar-refractivity contribution in [2.24, 2.45) is 4.99 Å². The second kappa shape index (κ2) is 9.11. The molecular formula is C23H18Cl2N4O. The van der Waals surface area contributed by atoms with Crippen molar-refractivity contribution in [3.8, 4) is 0 Å². The van der Waals surface area contributed by atoms with Crippen molar-refractivity contribution in [1.29, 1.82) is 0 Å². The number of nitrogens with zero attached hydrogens (tertiary/aromatic N) is 3. The predicted octanol–water partition coefficient (Wildman–Crippen LogP) is 5.23. The molecule has 2 heterocycles. The number of aromatic nitrogens is 2. The molecule has 0 saturated heterocycles. The SMILES string of the molecule is O=c1c(C=NCc2ccccc2Cl)c(NCc2ccccc2Cl)nc2ccccn12. The van der Waals surface area contributed by atoms with Crippen molar-refractivity contribution >= 4 is 40.9 Å². The molecule has 150 valence electrons. The molecule has 0 aliphatic rings. The molecule has 0 atom stereocenters. The Balaban J connectivity index is 1.69. The highest BCUT2D eigenvalue weighted by molar-refractivity contribution is 6.31. The lowest BCUT2D eigenvalue weighted by Gasteiger charge is -2.11. The summed E-state index contributed by atoms with van der Waals surface area (Å²) in [6.07, 6.45) is 3.24. The molecule has 30 heavy (non-hydrogen) atoms. The Labute approximate surface area is 183 Å². The summed E-state index contributed by atoms with van der Waals surface area (Å²) in [5, 5.41) is 4.53. The number of benzene rings is 2. The summed E-state index contributed by atoms with van der Waals surface area (Å²) in [6, 6.07) is 20.4. The van der Waals surface area contributed by atoms with Crippen LogP contribution in [0, 0.1) is 0 Å². The molecular weight excluding hydrogens is 419 g/mol. The van der Waals surface area contributed by atoms with E-state index in [1.165, 1.54) is 4.40 Å². The first-order chi connectivity index (χ1) is 14.6. The van der Waals surface area contributed by atoms with E-state index in [0.717, 1.165) is 11.1 Å². The predicted molar refractivity (Wildman–Crippen MR) is 123 cm³/mol. The molecule has 0 amide bonds. The zero-order valence-corrected chi connectivity index (χ0v) is 17.4. The highest BCUT2D eigenvalue weighted by Crippen LogP contribution is 2.18. The van der Waals surface area contributed by atoms with Gasteiger partial charge in [-0.1, -0.05) is 65.7 Å². The number of hydrogen-bond acceptors (Lipinski definition) is 4. The summed E-state index contributed by atoms with van der Waals surface area (Å²) in [5.74, 6) is 0.453. The molecule has 2 aromatic carbocycles. The Bertz CT molecular complexity index is 1280. The Morgan fingerprint density at radius 2 is 1.60 bits per heavy atom. The van der Waals surface area contributed by atoms with E-state index in [9.17, 15) is 4.79 Å². The fourth-order valence-electron chi connectivity index (χ4n) is 3.04. The third-order valence-corrected chi connectivity index (χ3v) is 5.35. The van der Waals surface area contributed by atoms with Gasteiger partial charge in [0.25, 0.3) is 5.56 Å². The Kier molecular flexibility index (Phi) is 6.12. The number of halogens is 2. The number of rotatable bonds is 6. The molecule has 0 bridgehead atoms. The van der Waals surface area contributed by atoms with E-state index in [1.807, 2.05) is 54.6 Å². The van der Waals surface area contributed by atoms with Gasteiger partial charge in [0.1, 0.15) is 17.0 Å². The molecule has 7 heteroatoms. The monoisotopic (exact) mass is 436 g/mol. The molecule has 4 rings (SSSR count). The topological polar surface area (TPSA) is 58.8 Å². The second-order valence-corrected chi connectivity index (χ2v) is 7.43. The summed E-state index contributed by atoms with van der Waals surface area (Å²) in [5.41, 5.74) is 2.51. The van der Waals surface area contributed by atoms with E-state index >= 15 is 0 Å². The maximum atomic E-state index is 13.1. The van der Waals surface area contributed by atoms with Gasteiger partial charge in [0.05, 0.1) is 6.54 Å². The number of pyridine rings is 1. The molecule has 0 aliphatic carbocycles. The minimum atomic E-state index is -0.204. The maximum Gasteiger partial charge on any atom is 0.268 e. The van der Waals surface area contributed by atoms with Crippen molar-refractivity contribution in [2.75, 3.05) is 5.32 Å². The Morgan fingerprint density at radius 3 is 2.33 bits per heavy atom. The van der Waals surface area contributed by atoms with E-state index in [2.05, 4.69) is 15.3 Å². The minimum absolute atomic E-state index is 0.204. The van der Waals surface area contributed by atoms with Crippen LogP contribution in [0.1, 0.15) is 16.7 Å². The molecule has 0 unspecified atom stereocenters. The van der Waals surface area contributed by atoms with E-state index in [1.54, 1.807) is 24.5 Å². The average molecular weight is 437 g/mol. The summed E-state index contributed by atoms with van der Waals surface area (Å²) in [6.45, 7) is 0.793. The third kappa shape index (κ3) is 4.37. The fourth-order valence-corrected chi connectivity index (χ4v) is 3.43. The van der Waals surface area contributed by atoms with Crippen LogP contribution in [0.2, 0.25) is 10.0 Å². The Hall–Kier alpha value is -3.15. The van der Waals surface area contributed by atoms with Crippen LogP contribution < -0.4 is 10.9 Å². The molecule has 0 radical (unpaired) electrons. The van der Waals surface area contributed by atoms with Crippen molar-refractivity contribution in [3.63, 3.8) is 0 Å². The number of anilines is 1. The quantitative estimate of drug-likeness (QED) is 0.420. The number of fused-ring (bicyclic) bond motifs is 1. The second-order valence-electron chi connectivity index (χ2n) is 6.61. The van der Waals surface area contributed by atoms with Crippen LogP contribution in [0.25, 0.3) is 5.65 Å². The fraction of sp³-hybridized carbons (Fsp3) is 0.0870. The van der Waals surface area contributed by atoms with Crippen molar-refractivity contribution in [2.45, 2.75) is 13.1 Å². The lowest BCUT2D eigenvalue weighted by Crippen LogP contribution is -2.22. The zero-order chi connectivity index (χ0) is 20.9. The lowest BCUT2D eigenvalue weighted by atomic mass is 10.2. The van der Waals surface area contributed by atoms with Gasteiger partial charge in [-0.3, -0.25) is 14.2 Å². The highest BCUT2D eigenvalue weighted by Gasteiger charge is 2.11. The van der Waals surface area contributed by atoms with Crippen molar-refractivity contribution in [3.05, 3.63) is 110 Å². The first-order valence-electron chi connectivity index (χ1n) is 9.35. The van der Waals surface area contributed by atoms with Crippen LogP contribution >= 0.6 is 23.2 Å². The van der Waals surface area contributed by atoms with Gasteiger partial charge in [-0.2, -0.15) is 0 Å². The summed E-state index contributed by atoms with van der Waals surface area (Å²) >= 11 is 12.5. The average Bonchev–Trinajstić information content (AvgIpc) is 2.76. The smallest absolute Gasteiger partial charge is 0.268 e. The molecule has 0 aliphatic heterocycles. The summed E-state index contributed by atoms with van der Waals surface area (Å²) in [4.78, 5) is 22.1. The number of hydrogen-bond donors (Lipinski definition) is 1. The standard InChI is InChI=1S/C23H18Cl2N4O/c24-19-9-3-1-7-16(19)13-26-15-18-22(27-14-17-8-2-4-10-20(17)25)28-21-11-5-6-12-29(21)23(18)30/h1-12,15,27H,13-14H2. The van der Waals surface area contributed by atoms with E-state index in [4.69, 9.17) is 23.2 Å². The van der Waals surface area contributed by atoms with E-state index < -0.39 is 0 Å². The van der Waals surface area contributed by atoms with Crippen LogP contribution in [0.3, 0.4) is 0 Å². The van der Waals surface area contributed by atoms with Crippen LogP contribution in [0.5, 0.6) is 0 Å². The first-order valence-corrected chi connectivity index (χ1v) is 10.1. The van der Waals surface area contributed by atoms with Gasteiger partial charge >= 0.3 is 0 Å². The summed E-state index contributed by atoms with van der Waals surface area (Å²) < 4.78 is 1.50. The molecule has 0 spiro atoms. The van der Waals surface area contributed by atoms with Gasteiger partial charge in [-0.15, -0.1) is 0 Å². The molecule has 0 saturated carbocycles. The van der Waals surface area contributed by atoms with Crippen LogP contribution in [0.4, 0.5) is 5.82 Å². The van der Waals surface area contributed by atoms with E-state index in [-0.39, 0.29) is 5.56 Å². The van der Waals surface area contributed by atoms with Crippen LogP contribution in [-0.4, -0.2) is 15.6 Å². The molecule has 4 aromatic rings. The van der Waals surface area contributed by atoms with E-state index in [0.29, 0.717) is 40.2 Å². The summed E-state index contributed by atoms with van der Waals surface area (Å²) in [7, 11) is 0. The maximum absolute atomic E-state index is 13.1. The largest absolute Gasteiger partial charge is 0.365 e. The normalized spacial score (nSPS) is 11.3. The van der Waals surface area contributed by atoms with Gasteiger partial charge < -0.3 is 5.32 Å². The highest BCUT2D eigenvalue weighted by atomic mass is 35.5. The minimum Gasteiger partial charge on any atom is -0.365 e. The first kappa shape index (κ1) is 20.1. The van der Waals surface area contributed by atoms with Crippen LogP contribution in [0.15, 0.2) is 82.7 Å². The van der Waals surface area contributed by atoms with Gasteiger partial charge in [-0.05, 0) is 35.4 Å². The van der Waals surface area contributed by atoms with Gasteiger partial charge in [-0.25, -0.2) is 4.98 Å². The molecule has 5 nitrogen and oxygen atoms in total. The number of nitrogens with one attached hydrogen (secondary N) is 1. The van der Waals surface area contributed by atoms with Crippen LogP contribution in [-0.2, 0) is 13.1 Å². The molecule has 1 N–H and O–H groups in total. The molecule has 0 fully saturated rings. The van der Waals surface area contributed by atoms with Gasteiger partial charge in [0.15, 0.2) is 0 Å². The lowest BCUT2D eigenvalue weighted by molar-refractivity contribution is 1.01. The van der Waals surface area contributed by atoms with Gasteiger partial charge in [0.2, 0.25) is 0 Å². The third-order valence-electron chi connectivity index (χ3n) is 4.61. The number of aliphatic imine (C=N–C) groups is 1. The zero-order valence-electron chi connectivity index (χ0n) is 15.9. The van der Waals surface area contributed by atoms with Crippen molar-refractivity contribution < 1.29 is 0 Å². The van der Waals surface area contributed by atoms with Crippen molar-refractivity contribution in [1.82, 2.24) is 9.38 Å². The molecule has 2 aromatic heterocycles. The Morgan fingerprint density at radius 1 is 0.933 bits per heavy atom.